The first kappa shape index (κ1) is 19.5. The predicted molar refractivity (Wildman–Crippen MR) is 94.2 cm³/mol. The van der Waals surface area contributed by atoms with Gasteiger partial charge in [0, 0.05) is 23.7 Å². The number of carbonyl (C=O) groups excluding carboxylic acids is 2. The molecule has 1 unspecified atom stereocenters. The van der Waals surface area contributed by atoms with E-state index in [0.717, 1.165) is 19.5 Å². The molecule has 0 fully saturated rings. The zero-order chi connectivity index (χ0) is 15.9. The average Bonchev–Trinajstić information content (AvgIpc) is 2.54. The largest absolute Gasteiger partial charge is 0.351 e. The maximum atomic E-state index is 12.0. The van der Waals surface area contributed by atoms with Gasteiger partial charge in [0.05, 0.1) is 0 Å². The quantitative estimate of drug-likeness (QED) is 0.705. The minimum absolute atomic E-state index is 0. The Hall–Kier alpha value is -1.56. The van der Waals surface area contributed by atoms with Crippen LogP contribution in [-0.2, 0) is 4.79 Å². The van der Waals surface area contributed by atoms with E-state index >= 15 is 0 Å². The van der Waals surface area contributed by atoms with E-state index in [-0.39, 0.29) is 24.2 Å². The summed E-state index contributed by atoms with van der Waals surface area (Å²) in [6, 6.07) is 5.95. The second-order valence-corrected chi connectivity index (χ2v) is 5.67. The van der Waals surface area contributed by atoms with Crippen molar-refractivity contribution < 1.29 is 9.59 Å². The van der Waals surface area contributed by atoms with Crippen molar-refractivity contribution >= 4 is 35.8 Å². The van der Waals surface area contributed by atoms with Gasteiger partial charge in [-0.05, 0) is 44.2 Å². The van der Waals surface area contributed by atoms with Gasteiger partial charge < -0.3 is 16.0 Å². The van der Waals surface area contributed by atoms with E-state index in [1.165, 1.54) is 5.57 Å². The van der Waals surface area contributed by atoms with Crippen molar-refractivity contribution in [1.82, 2.24) is 16.0 Å². The van der Waals surface area contributed by atoms with E-state index in [4.69, 9.17) is 11.6 Å². The van der Waals surface area contributed by atoms with Crippen molar-refractivity contribution in [3.63, 3.8) is 0 Å². The van der Waals surface area contributed by atoms with Crippen molar-refractivity contribution in [2.75, 3.05) is 19.6 Å². The van der Waals surface area contributed by atoms with Gasteiger partial charge in [0.15, 0.2) is 0 Å². The molecule has 1 heterocycles. The molecule has 0 aliphatic carbocycles. The lowest BCUT2D eigenvalue weighted by molar-refractivity contribution is -0.122. The zero-order valence-corrected chi connectivity index (χ0v) is 14.5. The third kappa shape index (κ3) is 6.22. The van der Waals surface area contributed by atoms with Crippen LogP contribution in [-0.4, -0.2) is 37.5 Å². The summed E-state index contributed by atoms with van der Waals surface area (Å²) < 4.78 is 0. The van der Waals surface area contributed by atoms with Crippen LogP contribution in [0.25, 0.3) is 0 Å². The fraction of sp³-hybridized carbons (Fsp3) is 0.375. The lowest BCUT2D eigenvalue weighted by Gasteiger charge is -2.17. The van der Waals surface area contributed by atoms with Gasteiger partial charge in [0.2, 0.25) is 5.91 Å². The highest BCUT2D eigenvalue weighted by Gasteiger charge is 2.16. The van der Waals surface area contributed by atoms with E-state index in [1.54, 1.807) is 31.2 Å². The fourth-order valence-corrected chi connectivity index (χ4v) is 2.26. The highest BCUT2D eigenvalue weighted by molar-refractivity contribution is 6.30. The predicted octanol–water partition coefficient (Wildman–Crippen LogP) is 1.92. The summed E-state index contributed by atoms with van der Waals surface area (Å²) in [5, 5.41) is 9.31. The second-order valence-electron chi connectivity index (χ2n) is 5.24. The Morgan fingerprint density at radius 3 is 2.61 bits per heavy atom. The molecule has 1 aliphatic heterocycles. The van der Waals surface area contributed by atoms with Crippen LogP contribution in [0.1, 0.15) is 23.7 Å². The molecule has 0 aromatic heterocycles. The van der Waals surface area contributed by atoms with Crippen LogP contribution in [0.2, 0.25) is 5.02 Å². The average molecular weight is 358 g/mol. The number of amides is 2. The molecule has 1 aromatic carbocycles. The summed E-state index contributed by atoms with van der Waals surface area (Å²) in [5.74, 6) is -0.484. The first-order valence-corrected chi connectivity index (χ1v) is 7.67. The number of rotatable bonds is 5. The molecule has 0 radical (unpaired) electrons. The molecule has 0 bridgehead atoms. The Morgan fingerprint density at radius 1 is 1.30 bits per heavy atom. The Bertz CT molecular complexity index is 573. The third-order valence-electron chi connectivity index (χ3n) is 3.49. The van der Waals surface area contributed by atoms with Gasteiger partial charge in [-0.15, -0.1) is 12.4 Å². The standard InChI is InChI=1S/C16H20ClN3O2.ClH/c1-11(15(21)19-10-12-6-8-18-9-7-12)20-16(22)13-2-4-14(17)5-3-13;/h2-6,11,18H,7-10H2,1H3,(H,19,21)(H,20,22);1H. The molecule has 2 amide bonds. The summed E-state index contributed by atoms with van der Waals surface area (Å²) in [6.07, 6.45) is 3.02. The first-order valence-electron chi connectivity index (χ1n) is 7.29. The van der Waals surface area contributed by atoms with Crippen LogP contribution in [0.5, 0.6) is 0 Å². The number of carbonyl (C=O) groups is 2. The molecule has 3 N–H and O–H groups in total. The molecule has 1 atom stereocenters. The molecule has 1 aromatic rings. The molecule has 5 nitrogen and oxygen atoms in total. The SMILES string of the molecule is CC(NC(=O)c1ccc(Cl)cc1)C(=O)NCC1=CCNCC1.Cl. The number of hydrogen-bond donors (Lipinski definition) is 3. The second kappa shape index (κ2) is 9.55. The van der Waals surface area contributed by atoms with Gasteiger partial charge in [-0.25, -0.2) is 0 Å². The van der Waals surface area contributed by atoms with E-state index in [0.29, 0.717) is 17.1 Å². The summed E-state index contributed by atoms with van der Waals surface area (Å²) >= 11 is 5.78. The molecule has 0 saturated carbocycles. The van der Waals surface area contributed by atoms with Crippen molar-refractivity contribution in [3.8, 4) is 0 Å². The highest BCUT2D eigenvalue weighted by atomic mass is 35.5. The highest BCUT2D eigenvalue weighted by Crippen LogP contribution is 2.09. The van der Waals surface area contributed by atoms with E-state index in [9.17, 15) is 9.59 Å². The van der Waals surface area contributed by atoms with Gasteiger partial charge >= 0.3 is 0 Å². The Kier molecular flexibility index (Phi) is 8.09. The Balaban J connectivity index is 0.00000264. The van der Waals surface area contributed by atoms with E-state index in [1.807, 2.05) is 0 Å². The number of nitrogens with one attached hydrogen (secondary N) is 3. The fourth-order valence-electron chi connectivity index (χ4n) is 2.13. The number of hydrogen-bond acceptors (Lipinski definition) is 3. The van der Waals surface area contributed by atoms with Gasteiger partial charge in [0.25, 0.3) is 5.91 Å². The molecular weight excluding hydrogens is 337 g/mol. The maximum absolute atomic E-state index is 12.0. The van der Waals surface area contributed by atoms with Crippen LogP contribution in [0, 0.1) is 0 Å². The Morgan fingerprint density at radius 2 is 2.00 bits per heavy atom. The summed E-state index contributed by atoms with van der Waals surface area (Å²) in [7, 11) is 0. The molecule has 23 heavy (non-hydrogen) atoms. The van der Waals surface area contributed by atoms with Crippen LogP contribution in [0.4, 0.5) is 0 Å². The van der Waals surface area contributed by atoms with Gasteiger partial charge in [-0.2, -0.15) is 0 Å². The van der Waals surface area contributed by atoms with Gasteiger partial charge in [0.1, 0.15) is 6.04 Å². The summed E-state index contributed by atoms with van der Waals surface area (Å²) in [5.41, 5.74) is 1.69. The smallest absolute Gasteiger partial charge is 0.251 e. The maximum Gasteiger partial charge on any atom is 0.251 e. The van der Waals surface area contributed by atoms with Crippen LogP contribution in [0.3, 0.4) is 0 Å². The van der Waals surface area contributed by atoms with Crippen molar-refractivity contribution in [1.29, 1.82) is 0 Å². The van der Waals surface area contributed by atoms with E-state index < -0.39 is 6.04 Å². The minimum Gasteiger partial charge on any atom is -0.351 e. The van der Waals surface area contributed by atoms with Crippen LogP contribution < -0.4 is 16.0 Å². The lowest BCUT2D eigenvalue weighted by atomic mass is 10.1. The molecule has 0 saturated heterocycles. The van der Waals surface area contributed by atoms with E-state index in [2.05, 4.69) is 22.0 Å². The first-order chi connectivity index (χ1) is 10.6. The molecular formula is C16H21Cl2N3O2. The molecule has 126 valence electrons. The number of halogens is 2. The molecule has 7 heteroatoms. The molecule has 1 aliphatic rings. The van der Waals surface area contributed by atoms with Gasteiger partial charge in [-0.1, -0.05) is 23.3 Å². The number of benzene rings is 1. The lowest BCUT2D eigenvalue weighted by Crippen LogP contribution is -2.45. The van der Waals surface area contributed by atoms with Crippen LogP contribution in [0.15, 0.2) is 35.9 Å². The monoisotopic (exact) mass is 357 g/mol. The Labute approximate surface area is 147 Å². The topological polar surface area (TPSA) is 70.2 Å². The normalized spacial score (nSPS) is 15.0. The zero-order valence-electron chi connectivity index (χ0n) is 12.9. The van der Waals surface area contributed by atoms with Crippen molar-refractivity contribution in [2.24, 2.45) is 0 Å². The van der Waals surface area contributed by atoms with Crippen LogP contribution >= 0.6 is 24.0 Å². The van der Waals surface area contributed by atoms with Gasteiger partial charge in [-0.3, -0.25) is 9.59 Å². The van der Waals surface area contributed by atoms with Crippen molar-refractivity contribution in [3.05, 3.63) is 46.5 Å². The third-order valence-corrected chi connectivity index (χ3v) is 3.75. The molecule has 0 spiro atoms. The summed E-state index contributed by atoms with van der Waals surface area (Å²) in [4.78, 5) is 24.0. The molecule has 2 rings (SSSR count). The summed E-state index contributed by atoms with van der Waals surface area (Å²) in [6.45, 7) is 3.97. The van der Waals surface area contributed by atoms with Crippen molar-refractivity contribution in [2.45, 2.75) is 19.4 Å². The minimum atomic E-state index is -0.592.